The average molecular weight is 469 g/mol. The van der Waals surface area contributed by atoms with Crippen molar-refractivity contribution in [2.45, 2.75) is 118 Å². The van der Waals surface area contributed by atoms with Gasteiger partial charge in [0.05, 0.1) is 18.2 Å². The van der Waals surface area contributed by atoms with E-state index in [0.717, 1.165) is 0 Å². The molecule has 8 heteroatoms. The zero-order chi connectivity index (χ0) is 25.7. The summed E-state index contributed by atoms with van der Waals surface area (Å²) >= 11 is 0. The van der Waals surface area contributed by atoms with Gasteiger partial charge >= 0.3 is 12.1 Å². The summed E-state index contributed by atoms with van der Waals surface area (Å²) < 4.78 is 11.3. The van der Waals surface area contributed by atoms with E-state index >= 15 is 0 Å². The molecule has 8 nitrogen and oxygen atoms in total. The summed E-state index contributed by atoms with van der Waals surface area (Å²) in [6.07, 6.45) is 3.13. The lowest BCUT2D eigenvalue weighted by atomic mass is 9.85. The normalized spacial score (nSPS) is 24.3. The Bertz CT molecular complexity index is 721. The van der Waals surface area contributed by atoms with Gasteiger partial charge in [0.15, 0.2) is 0 Å². The first-order valence-electron chi connectivity index (χ1n) is 11.8. The van der Waals surface area contributed by atoms with E-state index in [1.165, 1.54) is 11.8 Å². The Morgan fingerprint density at radius 3 is 2.09 bits per heavy atom. The molecule has 1 aliphatic rings. The van der Waals surface area contributed by atoms with Crippen molar-refractivity contribution in [3.8, 4) is 0 Å². The number of hydrogen-bond donors (Lipinski definition) is 2. The fourth-order valence-corrected chi connectivity index (χ4v) is 4.15. The lowest BCUT2D eigenvalue weighted by Crippen LogP contribution is -2.61. The SMILES string of the molecule is CC=C[C@@H]1C[C@@H](C(=O)OC(C)(C)C)N(C(=O)OC(C)(C)C)[C@H]1[C@@H](NC(C)=O)[C@H](O)[C@H](C)CC. The van der Waals surface area contributed by atoms with E-state index in [2.05, 4.69) is 5.32 Å². The topological polar surface area (TPSA) is 105 Å². The fourth-order valence-electron chi connectivity index (χ4n) is 4.15. The molecule has 190 valence electrons. The lowest BCUT2D eigenvalue weighted by Gasteiger charge is -2.40. The smallest absolute Gasteiger partial charge is 0.411 e. The van der Waals surface area contributed by atoms with Gasteiger partial charge in [-0.2, -0.15) is 0 Å². The van der Waals surface area contributed by atoms with Crippen LogP contribution in [0.1, 0.15) is 82.1 Å². The van der Waals surface area contributed by atoms with Crippen molar-refractivity contribution in [1.82, 2.24) is 10.2 Å². The van der Waals surface area contributed by atoms with Crippen LogP contribution in [-0.2, 0) is 19.1 Å². The molecule has 1 saturated heterocycles. The molecular formula is C25H44N2O6. The molecule has 0 aromatic heterocycles. The summed E-state index contributed by atoms with van der Waals surface area (Å²) in [5, 5.41) is 14.0. The van der Waals surface area contributed by atoms with Crippen LogP contribution in [0, 0.1) is 11.8 Å². The molecule has 0 radical (unpaired) electrons. The highest BCUT2D eigenvalue weighted by Crippen LogP contribution is 2.37. The van der Waals surface area contributed by atoms with Crippen LogP contribution in [0.2, 0.25) is 0 Å². The fraction of sp³-hybridized carbons (Fsp3) is 0.800. The number of allylic oxidation sites excluding steroid dienone is 1. The predicted molar refractivity (Wildman–Crippen MR) is 127 cm³/mol. The number of hydrogen-bond acceptors (Lipinski definition) is 6. The van der Waals surface area contributed by atoms with Crippen LogP contribution < -0.4 is 5.32 Å². The van der Waals surface area contributed by atoms with Crippen LogP contribution in [0.5, 0.6) is 0 Å². The average Bonchev–Trinajstić information content (AvgIpc) is 3.01. The highest BCUT2D eigenvalue weighted by atomic mass is 16.6. The molecule has 0 aliphatic carbocycles. The molecule has 0 saturated carbocycles. The first kappa shape index (κ1) is 28.9. The maximum Gasteiger partial charge on any atom is 0.411 e. The minimum Gasteiger partial charge on any atom is -0.458 e. The third kappa shape index (κ3) is 8.32. The number of likely N-dealkylation sites (tertiary alicyclic amines) is 1. The van der Waals surface area contributed by atoms with E-state index in [1.54, 1.807) is 41.5 Å². The van der Waals surface area contributed by atoms with Gasteiger partial charge in [-0.05, 0) is 60.8 Å². The molecule has 1 heterocycles. The van der Waals surface area contributed by atoms with E-state index in [0.29, 0.717) is 12.8 Å². The second-order valence-corrected chi connectivity index (χ2v) is 11.0. The number of nitrogens with one attached hydrogen (secondary N) is 1. The van der Waals surface area contributed by atoms with E-state index in [1.807, 2.05) is 32.9 Å². The number of aliphatic hydroxyl groups excluding tert-OH is 1. The second kappa shape index (κ2) is 11.4. The minimum absolute atomic E-state index is 0.144. The van der Waals surface area contributed by atoms with Crippen molar-refractivity contribution < 1.29 is 29.0 Å². The summed E-state index contributed by atoms with van der Waals surface area (Å²) in [6, 6.07) is -2.40. The standard InChI is InChI=1S/C25H44N2O6/c1-11-13-17-14-18(22(30)32-24(5,6)7)27(23(31)33-25(8,9)10)20(17)19(26-16(4)28)21(29)15(3)12-2/h11,13,15,17-21,29H,12,14H2,1-10H3,(H,26,28)/t15-,17-,18+,19-,20-,21-/m1/s1. The zero-order valence-corrected chi connectivity index (χ0v) is 22.0. The highest BCUT2D eigenvalue weighted by molar-refractivity contribution is 5.83. The molecule has 2 amide bonds. The van der Waals surface area contributed by atoms with Gasteiger partial charge in [0.2, 0.25) is 5.91 Å². The Morgan fingerprint density at radius 2 is 1.67 bits per heavy atom. The van der Waals surface area contributed by atoms with Gasteiger partial charge in [0.25, 0.3) is 0 Å². The van der Waals surface area contributed by atoms with E-state index < -0.39 is 47.5 Å². The molecule has 6 atom stereocenters. The lowest BCUT2D eigenvalue weighted by molar-refractivity contribution is -0.160. The molecule has 0 bridgehead atoms. The van der Waals surface area contributed by atoms with Crippen LogP contribution in [0.15, 0.2) is 12.2 Å². The molecule has 1 fully saturated rings. The molecule has 0 unspecified atom stereocenters. The van der Waals surface area contributed by atoms with Crippen molar-refractivity contribution in [2.75, 3.05) is 0 Å². The molecule has 1 rings (SSSR count). The van der Waals surface area contributed by atoms with Crippen LogP contribution in [0.4, 0.5) is 4.79 Å². The van der Waals surface area contributed by atoms with Crippen LogP contribution in [0.25, 0.3) is 0 Å². The summed E-state index contributed by atoms with van der Waals surface area (Å²) in [5.41, 5.74) is -1.53. The third-order valence-corrected chi connectivity index (χ3v) is 5.65. The number of nitrogens with zero attached hydrogens (tertiary/aromatic N) is 1. The third-order valence-electron chi connectivity index (χ3n) is 5.65. The number of rotatable bonds is 7. The van der Waals surface area contributed by atoms with Crippen LogP contribution in [0.3, 0.4) is 0 Å². The van der Waals surface area contributed by atoms with Crippen LogP contribution >= 0.6 is 0 Å². The number of aliphatic hydroxyl groups is 1. The maximum atomic E-state index is 13.4. The summed E-state index contributed by atoms with van der Waals surface area (Å²) in [6.45, 7) is 17.6. The zero-order valence-electron chi connectivity index (χ0n) is 22.0. The quantitative estimate of drug-likeness (QED) is 0.435. The van der Waals surface area contributed by atoms with Crippen molar-refractivity contribution >= 4 is 18.0 Å². The first-order valence-corrected chi connectivity index (χ1v) is 11.8. The Kier molecular flexibility index (Phi) is 9.96. The van der Waals surface area contributed by atoms with E-state index in [4.69, 9.17) is 9.47 Å². The van der Waals surface area contributed by atoms with E-state index in [-0.39, 0.29) is 17.7 Å². The Morgan fingerprint density at radius 1 is 1.12 bits per heavy atom. The van der Waals surface area contributed by atoms with Crippen molar-refractivity contribution in [1.29, 1.82) is 0 Å². The molecule has 0 aromatic rings. The van der Waals surface area contributed by atoms with Crippen molar-refractivity contribution in [3.63, 3.8) is 0 Å². The van der Waals surface area contributed by atoms with Crippen LogP contribution in [-0.4, -0.2) is 63.4 Å². The summed E-state index contributed by atoms with van der Waals surface area (Å²) in [5.74, 6) is -1.30. The molecular weight excluding hydrogens is 424 g/mol. The largest absolute Gasteiger partial charge is 0.458 e. The Balaban J connectivity index is 3.61. The van der Waals surface area contributed by atoms with Gasteiger partial charge in [-0.15, -0.1) is 0 Å². The number of carbonyl (C=O) groups is 3. The van der Waals surface area contributed by atoms with Gasteiger partial charge in [-0.3, -0.25) is 9.69 Å². The molecule has 2 N–H and O–H groups in total. The highest BCUT2D eigenvalue weighted by Gasteiger charge is 2.53. The summed E-state index contributed by atoms with van der Waals surface area (Å²) in [4.78, 5) is 40.1. The number of esters is 1. The number of amides is 2. The van der Waals surface area contributed by atoms with E-state index in [9.17, 15) is 19.5 Å². The minimum atomic E-state index is -0.932. The van der Waals surface area contributed by atoms with Gasteiger partial charge in [-0.1, -0.05) is 32.4 Å². The number of ether oxygens (including phenoxy) is 2. The number of carbonyl (C=O) groups excluding carboxylic acids is 3. The maximum absolute atomic E-state index is 13.4. The molecule has 1 aliphatic heterocycles. The molecule has 0 aromatic carbocycles. The van der Waals surface area contributed by atoms with Gasteiger partial charge < -0.3 is 19.9 Å². The molecule has 0 spiro atoms. The molecule has 33 heavy (non-hydrogen) atoms. The summed E-state index contributed by atoms with van der Waals surface area (Å²) in [7, 11) is 0. The van der Waals surface area contributed by atoms with Gasteiger partial charge in [0.1, 0.15) is 17.2 Å². The first-order chi connectivity index (χ1) is 15.0. The van der Waals surface area contributed by atoms with Gasteiger partial charge in [-0.25, -0.2) is 9.59 Å². The Hall–Kier alpha value is -2.09. The van der Waals surface area contributed by atoms with Gasteiger partial charge in [0, 0.05) is 12.8 Å². The predicted octanol–water partition coefficient (Wildman–Crippen LogP) is 3.81. The monoisotopic (exact) mass is 468 g/mol. The van der Waals surface area contributed by atoms with Crippen molar-refractivity contribution in [2.24, 2.45) is 11.8 Å². The Labute approximate surface area is 199 Å². The van der Waals surface area contributed by atoms with Crippen molar-refractivity contribution in [3.05, 3.63) is 12.2 Å². The second-order valence-electron chi connectivity index (χ2n) is 11.0.